The van der Waals surface area contributed by atoms with Crippen molar-refractivity contribution in [2.24, 2.45) is 0 Å². The molecule has 0 spiro atoms. The second-order valence-electron chi connectivity index (χ2n) is 3.75. The van der Waals surface area contributed by atoms with Crippen molar-refractivity contribution in [1.29, 1.82) is 0 Å². The normalized spacial score (nSPS) is 15.6. The van der Waals surface area contributed by atoms with Crippen LogP contribution in [-0.2, 0) is 9.53 Å². The van der Waals surface area contributed by atoms with Gasteiger partial charge >= 0.3 is 0 Å². The summed E-state index contributed by atoms with van der Waals surface area (Å²) >= 11 is 0. The smallest absolute Gasteiger partial charge is 0.295 e. The molecule has 2 rings (SSSR count). The highest BCUT2D eigenvalue weighted by Gasteiger charge is 2.26. The minimum absolute atomic E-state index is 0.0454. The molecular formula is C12H13NO4. The molecule has 0 radical (unpaired) electrons. The van der Waals surface area contributed by atoms with Crippen LogP contribution in [-0.4, -0.2) is 48.0 Å². The fourth-order valence-electron chi connectivity index (χ4n) is 1.69. The molecule has 1 heterocycles. The van der Waals surface area contributed by atoms with E-state index in [4.69, 9.17) is 4.74 Å². The molecule has 0 atom stereocenters. The molecule has 17 heavy (non-hydrogen) atoms. The predicted molar refractivity (Wildman–Crippen MR) is 59.8 cm³/mol. The summed E-state index contributed by atoms with van der Waals surface area (Å²) in [5, 5.41) is 9.51. The van der Waals surface area contributed by atoms with E-state index in [1.165, 1.54) is 17.0 Å². The second-order valence-corrected chi connectivity index (χ2v) is 3.75. The number of ether oxygens (including phenoxy) is 1. The number of nitrogens with zero attached hydrogens (tertiary/aromatic N) is 1. The fourth-order valence-corrected chi connectivity index (χ4v) is 1.69. The second kappa shape index (κ2) is 4.97. The van der Waals surface area contributed by atoms with Crippen LogP contribution in [0.4, 0.5) is 0 Å². The summed E-state index contributed by atoms with van der Waals surface area (Å²) in [6.07, 6.45) is 0. The molecule has 5 nitrogen and oxygen atoms in total. The maximum Gasteiger partial charge on any atom is 0.295 e. The van der Waals surface area contributed by atoms with E-state index in [9.17, 15) is 14.7 Å². The summed E-state index contributed by atoms with van der Waals surface area (Å²) in [5.41, 5.74) is 0.0454. The lowest BCUT2D eigenvalue weighted by molar-refractivity contribution is -0.130. The number of carbonyl (C=O) groups excluding carboxylic acids is 2. The van der Waals surface area contributed by atoms with E-state index in [0.717, 1.165) is 0 Å². The van der Waals surface area contributed by atoms with Crippen LogP contribution in [0.2, 0.25) is 0 Å². The first-order valence-electron chi connectivity index (χ1n) is 5.39. The quantitative estimate of drug-likeness (QED) is 0.596. The first kappa shape index (κ1) is 11.6. The molecule has 1 amide bonds. The molecule has 0 aromatic heterocycles. The Morgan fingerprint density at radius 3 is 2.47 bits per heavy atom. The SMILES string of the molecule is O=C(C(=O)N1CCOCC1)c1ccccc1O. The van der Waals surface area contributed by atoms with Crippen LogP contribution in [0, 0.1) is 0 Å². The zero-order valence-corrected chi connectivity index (χ0v) is 9.26. The van der Waals surface area contributed by atoms with Gasteiger partial charge in [0, 0.05) is 13.1 Å². The Labute approximate surface area is 98.6 Å². The molecule has 5 heteroatoms. The third kappa shape index (κ3) is 2.45. The third-order valence-electron chi connectivity index (χ3n) is 2.64. The predicted octanol–water partition coefficient (Wildman–Crippen LogP) is 0.434. The van der Waals surface area contributed by atoms with Gasteiger partial charge in [0.05, 0.1) is 18.8 Å². The number of ketones is 1. The van der Waals surface area contributed by atoms with E-state index < -0.39 is 11.7 Å². The number of hydrogen-bond donors (Lipinski definition) is 1. The van der Waals surface area contributed by atoms with Crippen LogP contribution in [0.15, 0.2) is 24.3 Å². The maximum absolute atomic E-state index is 11.9. The van der Waals surface area contributed by atoms with E-state index in [-0.39, 0.29) is 11.3 Å². The number of hydrogen-bond acceptors (Lipinski definition) is 4. The largest absolute Gasteiger partial charge is 0.507 e. The highest BCUT2D eigenvalue weighted by Crippen LogP contribution is 2.17. The Morgan fingerprint density at radius 2 is 1.82 bits per heavy atom. The van der Waals surface area contributed by atoms with Crippen molar-refractivity contribution in [2.45, 2.75) is 0 Å². The Balaban J connectivity index is 2.14. The van der Waals surface area contributed by atoms with Gasteiger partial charge in [0.15, 0.2) is 0 Å². The fraction of sp³-hybridized carbons (Fsp3) is 0.333. The standard InChI is InChI=1S/C12H13NO4/c14-10-4-2-1-3-9(10)11(15)12(16)13-5-7-17-8-6-13/h1-4,14H,5-8H2. The molecule has 1 aliphatic rings. The number of benzene rings is 1. The van der Waals surface area contributed by atoms with Crippen molar-refractivity contribution in [3.63, 3.8) is 0 Å². The number of carbonyl (C=O) groups is 2. The van der Waals surface area contributed by atoms with Gasteiger partial charge in [-0.05, 0) is 12.1 Å². The Hall–Kier alpha value is -1.88. The molecule has 0 bridgehead atoms. The number of aromatic hydroxyl groups is 1. The molecule has 1 aliphatic heterocycles. The van der Waals surface area contributed by atoms with Crippen molar-refractivity contribution in [2.75, 3.05) is 26.3 Å². The Bertz CT molecular complexity index is 438. The third-order valence-corrected chi connectivity index (χ3v) is 2.64. The van der Waals surface area contributed by atoms with Gasteiger partial charge < -0.3 is 14.7 Å². The Kier molecular flexibility index (Phi) is 3.39. The van der Waals surface area contributed by atoms with Gasteiger partial charge in [-0.25, -0.2) is 0 Å². The molecule has 1 N–H and O–H groups in total. The molecular weight excluding hydrogens is 222 g/mol. The summed E-state index contributed by atoms with van der Waals surface area (Å²) in [4.78, 5) is 25.2. The number of rotatable bonds is 2. The number of morpholine rings is 1. The van der Waals surface area contributed by atoms with Gasteiger partial charge in [-0.15, -0.1) is 0 Å². The zero-order chi connectivity index (χ0) is 12.3. The Morgan fingerprint density at radius 1 is 1.18 bits per heavy atom. The number of para-hydroxylation sites is 1. The van der Waals surface area contributed by atoms with Crippen molar-refractivity contribution < 1.29 is 19.4 Å². The lowest BCUT2D eigenvalue weighted by Gasteiger charge is -2.26. The molecule has 1 saturated heterocycles. The minimum atomic E-state index is -0.676. The van der Waals surface area contributed by atoms with Crippen molar-refractivity contribution in [1.82, 2.24) is 4.90 Å². The molecule has 0 aliphatic carbocycles. The highest BCUT2D eigenvalue weighted by molar-refractivity contribution is 6.43. The van der Waals surface area contributed by atoms with E-state index in [2.05, 4.69) is 0 Å². The topological polar surface area (TPSA) is 66.8 Å². The van der Waals surface area contributed by atoms with E-state index in [0.29, 0.717) is 26.3 Å². The lowest BCUT2D eigenvalue weighted by Crippen LogP contribution is -2.44. The summed E-state index contributed by atoms with van der Waals surface area (Å²) in [6, 6.07) is 6.04. The van der Waals surface area contributed by atoms with Crippen LogP contribution >= 0.6 is 0 Å². The maximum atomic E-state index is 11.9. The summed E-state index contributed by atoms with van der Waals surface area (Å²) < 4.78 is 5.10. The molecule has 0 saturated carbocycles. The van der Waals surface area contributed by atoms with Crippen LogP contribution in [0.5, 0.6) is 5.75 Å². The minimum Gasteiger partial charge on any atom is -0.507 e. The number of phenols is 1. The van der Waals surface area contributed by atoms with Crippen LogP contribution in [0.25, 0.3) is 0 Å². The lowest BCUT2D eigenvalue weighted by atomic mass is 10.1. The van der Waals surface area contributed by atoms with E-state index in [1.807, 2.05) is 0 Å². The number of Topliss-reactive ketones (excluding diaryl/α,β-unsaturated/α-hetero) is 1. The van der Waals surface area contributed by atoms with Gasteiger partial charge in [0.1, 0.15) is 5.75 Å². The summed E-state index contributed by atoms with van der Waals surface area (Å²) in [7, 11) is 0. The van der Waals surface area contributed by atoms with E-state index >= 15 is 0 Å². The average Bonchev–Trinajstić information content (AvgIpc) is 2.39. The molecule has 1 aromatic rings. The van der Waals surface area contributed by atoms with Gasteiger partial charge in [-0.1, -0.05) is 12.1 Å². The highest BCUT2D eigenvalue weighted by atomic mass is 16.5. The average molecular weight is 235 g/mol. The number of amides is 1. The van der Waals surface area contributed by atoms with Crippen LogP contribution in [0.1, 0.15) is 10.4 Å². The van der Waals surface area contributed by atoms with Gasteiger partial charge in [0.2, 0.25) is 0 Å². The van der Waals surface area contributed by atoms with E-state index in [1.54, 1.807) is 12.1 Å². The molecule has 0 unspecified atom stereocenters. The summed E-state index contributed by atoms with van der Waals surface area (Å²) in [5.74, 6) is -1.43. The van der Waals surface area contributed by atoms with Crippen molar-refractivity contribution >= 4 is 11.7 Å². The monoisotopic (exact) mass is 235 g/mol. The van der Waals surface area contributed by atoms with Gasteiger partial charge in [-0.3, -0.25) is 9.59 Å². The first-order valence-corrected chi connectivity index (χ1v) is 5.39. The van der Waals surface area contributed by atoms with Gasteiger partial charge in [0.25, 0.3) is 11.7 Å². The van der Waals surface area contributed by atoms with Gasteiger partial charge in [-0.2, -0.15) is 0 Å². The van der Waals surface area contributed by atoms with Crippen molar-refractivity contribution in [3.05, 3.63) is 29.8 Å². The number of phenolic OH excluding ortho intramolecular Hbond substituents is 1. The van der Waals surface area contributed by atoms with Crippen molar-refractivity contribution in [3.8, 4) is 5.75 Å². The zero-order valence-electron chi connectivity index (χ0n) is 9.26. The van der Waals surface area contributed by atoms with Crippen LogP contribution < -0.4 is 0 Å². The summed E-state index contributed by atoms with van der Waals surface area (Å²) in [6.45, 7) is 1.72. The first-order chi connectivity index (χ1) is 8.20. The molecule has 1 aromatic carbocycles. The molecule has 90 valence electrons. The van der Waals surface area contributed by atoms with Crippen LogP contribution in [0.3, 0.4) is 0 Å². The molecule has 1 fully saturated rings.